The number of ether oxygens (including phenoxy) is 1. The first-order valence-electron chi connectivity index (χ1n) is 4.18. The molecule has 2 N–H and O–H groups in total. The van der Waals surface area contributed by atoms with Crippen LogP contribution in [0, 0.1) is 0 Å². The van der Waals surface area contributed by atoms with E-state index >= 15 is 0 Å². The largest absolute Gasteiger partial charge is 0.479 e. The van der Waals surface area contributed by atoms with Gasteiger partial charge in [0.2, 0.25) is 0 Å². The summed E-state index contributed by atoms with van der Waals surface area (Å²) in [7, 11) is 0. The van der Waals surface area contributed by atoms with Crippen molar-refractivity contribution in [1.82, 2.24) is 0 Å². The molecule has 17 heavy (non-hydrogen) atoms. The molecule has 0 heterocycles. The van der Waals surface area contributed by atoms with Gasteiger partial charge in [0.1, 0.15) is 5.75 Å². The second kappa shape index (κ2) is 5.74. The van der Waals surface area contributed by atoms with E-state index < -0.39 is 24.4 Å². The average molecular weight is 376 g/mol. The van der Waals surface area contributed by atoms with E-state index in [4.69, 9.17) is 5.11 Å². The maximum Gasteiger partial charge on any atom is 0.387 e. The summed E-state index contributed by atoms with van der Waals surface area (Å²) in [5.74, 6) is -1.97. The fraction of sp³-hybridized carbons (Fsp3) is 0.222. The number of hydrogen-bond donors (Lipinski definition) is 2. The number of carboxylic acid groups (broad SMARTS) is 1. The number of alkyl halides is 2. The SMILES string of the molecule is O=C(O)C(O)c1ccc(Br)c(Br)c1OC(F)F. The molecule has 1 aromatic carbocycles. The van der Waals surface area contributed by atoms with Crippen molar-refractivity contribution in [3.05, 3.63) is 26.6 Å². The molecule has 0 aliphatic heterocycles. The summed E-state index contributed by atoms with van der Waals surface area (Å²) in [6.45, 7) is -3.12. The minimum Gasteiger partial charge on any atom is -0.479 e. The first-order valence-corrected chi connectivity index (χ1v) is 5.76. The highest BCUT2D eigenvalue weighted by Crippen LogP contribution is 2.39. The highest BCUT2D eigenvalue weighted by molar-refractivity contribution is 9.13. The maximum absolute atomic E-state index is 12.2. The van der Waals surface area contributed by atoms with Crippen LogP contribution in [0.15, 0.2) is 21.1 Å². The van der Waals surface area contributed by atoms with Gasteiger partial charge in [-0.3, -0.25) is 0 Å². The van der Waals surface area contributed by atoms with Crippen molar-refractivity contribution in [3.63, 3.8) is 0 Å². The molecular weight excluding hydrogens is 370 g/mol. The Kier molecular flexibility index (Phi) is 4.84. The lowest BCUT2D eigenvalue weighted by atomic mass is 10.1. The zero-order valence-corrected chi connectivity index (χ0v) is 11.2. The Balaban J connectivity index is 3.29. The molecular formula is C9H6Br2F2O4. The van der Waals surface area contributed by atoms with Crippen LogP contribution in [-0.2, 0) is 4.79 Å². The fourth-order valence-corrected chi connectivity index (χ4v) is 1.87. The van der Waals surface area contributed by atoms with E-state index in [1.54, 1.807) is 0 Å². The molecule has 0 saturated carbocycles. The van der Waals surface area contributed by atoms with Gasteiger partial charge in [-0.2, -0.15) is 8.78 Å². The van der Waals surface area contributed by atoms with Crippen LogP contribution in [0.5, 0.6) is 5.75 Å². The quantitative estimate of drug-likeness (QED) is 0.849. The molecule has 0 spiro atoms. The van der Waals surface area contributed by atoms with E-state index in [0.717, 1.165) is 0 Å². The van der Waals surface area contributed by atoms with Crippen LogP contribution >= 0.6 is 31.9 Å². The van der Waals surface area contributed by atoms with Gasteiger partial charge in [-0.15, -0.1) is 0 Å². The van der Waals surface area contributed by atoms with Crippen molar-refractivity contribution in [2.75, 3.05) is 0 Å². The van der Waals surface area contributed by atoms with Gasteiger partial charge < -0.3 is 14.9 Å². The van der Waals surface area contributed by atoms with Crippen molar-refractivity contribution >= 4 is 37.8 Å². The van der Waals surface area contributed by atoms with Crippen molar-refractivity contribution in [3.8, 4) is 5.75 Å². The number of aliphatic hydroxyl groups is 1. The number of carbonyl (C=O) groups is 1. The molecule has 0 amide bonds. The Bertz CT molecular complexity index is 439. The van der Waals surface area contributed by atoms with E-state index in [0.29, 0.717) is 4.47 Å². The van der Waals surface area contributed by atoms with Crippen molar-refractivity contribution in [2.45, 2.75) is 12.7 Å². The third kappa shape index (κ3) is 3.36. The molecule has 0 bridgehead atoms. The third-order valence-electron chi connectivity index (χ3n) is 1.82. The van der Waals surface area contributed by atoms with Crippen LogP contribution < -0.4 is 4.74 Å². The predicted octanol–water partition coefficient (Wildman–Crippen LogP) is 2.93. The lowest BCUT2D eigenvalue weighted by Crippen LogP contribution is -2.14. The molecule has 0 radical (unpaired) electrons. The minimum absolute atomic E-state index is 0.107. The molecule has 1 rings (SSSR count). The molecule has 1 unspecified atom stereocenters. The number of rotatable bonds is 4. The fourth-order valence-electron chi connectivity index (χ4n) is 1.10. The normalized spacial score (nSPS) is 12.6. The summed E-state index contributed by atoms with van der Waals surface area (Å²) in [4.78, 5) is 10.6. The van der Waals surface area contributed by atoms with Gasteiger partial charge in [0.15, 0.2) is 6.10 Å². The summed E-state index contributed by atoms with van der Waals surface area (Å²) < 4.78 is 29.1. The summed E-state index contributed by atoms with van der Waals surface area (Å²) in [6.07, 6.45) is -1.94. The molecule has 0 aromatic heterocycles. The number of carboxylic acids is 1. The highest BCUT2D eigenvalue weighted by Gasteiger charge is 2.25. The van der Waals surface area contributed by atoms with Gasteiger partial charge in [0.05, 0.1) is 4.47 Å². The Hall–Kier alpha value is -0.730. The predicted molar refractivity (Wildman–Crippen MR) is 61.1 cm³/mol. The van der Waals surface area contributed by atoms with E-state index in [-0.39, 0.29) is 10.0 Å². The van der Waals surface area contributed by atoms with Gasteiger partial charge in [0.25, 0.3) is 0 Å². The van der Waals surface area contributed by atoms with E-state index in [1.807, 2.05) is 0 Å². The molecule has 0 aliphatic carbocycles. The van der Waals surface area contributed by atoms with Crippen molar-refractivity contribution in [1.29, 1.82) is 0 Å². The van der Waals surface area contributed by atoms with Gasteiger partial charge in [-0.25, -0.2) is 4.79 Å². The van der Waals surface area contributed by atoms with Crippen LogP contribution in [0.25, 0.3) is 0 Å². The zero-order valence-electron chi connectivity index (χ0n) is 8.03. The maximum atomic E-state index is 12.2. The average Bonchev–Trinajstić information content (AvgIpc) is 2.23. The molecule has 4 nitrogen and oxygen atoms in total. The van der Waals surface area contributed by atoms with E-state index in [2.05, 4.69) is 36.6 Å². The number of halogens is 4. The Morgan fingerprint density at radius 2 is 1.94 bits per heavy atom. The highest BCUT2D eigenvalue weighted by atomic mass is 79.9. The van der Waals surface area contributed by atoms with E-state index in [9.17, 15) is 18.7 Å². The first-order chi connectivity index (χ1) is 7.84. The van der Waals surface area contributed by atoms with Crippen LogP contribution in [0.4, 0.5) is 8.78 Å². The molecule has 0 aliphatic rings. The second-order valence-corrected chi connectivity index (χ2v) is 4.55. The minimum atomic E-state index is -3.12. The molecule has 1 atom stereocenters. The monoisotopic (exact) mass is 374 g/mol. The standard InChI is InChI=1S/C9H6Br2F2O4/c10-4-2-1-3(6(14)8(15)16)7(5(4)11)17-9(12)13/h1-2,6,9,14H,(H,15,16). The van der Waals surface area contributed by atoms with Crippen molar-refractivity contribution in [2.24, 2.45) is 0 Å². The number of aliphatic carboxylic acids is 1. The molecule has 1 aromatic rings. The van der Waals surface area contributed by atoms with Crippen LogP contribution in [0.3, 0.4) is 0 Å². The van der Waals surface area contributed by atoms with Gasteiger partial charge in [-0.1, -0.05) is 6.07 Å². The third-order valence-corrected chi connectivity index (χ3v) is 3.80. The second-order valence-electron chi connectivity index (χ2n) is 2.90. The van der Waals surface area contributed by atoms with Crippen LogP contribution in [0.1, 0.15) is 11.7 Å². The number of aliphatic hydroxyl groups excluding tert-OH is 1. The number of hydrogen-bond acceptors (Lipinski definition) is 3. The lowest BCUT2D eigenvalue weighted by molar-refractivity contribution is -0.147. The van der Waals surface area contributed by atoms with Crippen LogP contribution in [0.2, 0.25) is 0 Å². The first kappa shape index (κ1) is 14.3. The lowest BCUT2D eigenvalue weighted by Gasteiger charge is -2.15. The zero-order chi connectivity index (χ0) is 13.2. The Morgan fingerprint density at radius 1 is 1.35 bits per heavy atom. The van der Waals surface area contributed by atoms with Crippen LogP contribution in [-0.4, -0.2) is 22.8 Å². The van der Waals surface area contributed by atoms with Crippen molar-refractivity contribution < 1.29 is 28.5 Å². The summed E-state index contributed by atoms with van der Waals surface area (Å²) in [6, 6.07) is 2.59. The Labute approximate surface area is 111 Å². The summed E-state index contributed by atoms with van der Waals surface area (Å²) >= 11 is 6.02. The molecule has 8 heteroatoms. The number of benzene rings is 1. The Morgan fingerprint density at radius 3 is 2.41 bits per heavy atom. The summed E-state index contributed by atoms with van der Waals surface area (Å²) in [5, 5.41) is 18.0. The van der Waals surface area contributed by atoms with Gasteiger partial charge >= 0.3 is 12.6 Å². The van der Waals surface area contributed by atoms with Gasteiger partial charge in [-0.05, 0) is 37.9 Å². The smallest absolute Gasteiger partial charge is 0.387 e. The summed E-state index contributed by atoms with van der Waals surface area (Å²) in [5.41, 5.74) is -0.257. The molecule has 0 saturated heterocycles. The topological polar surface area (TPSA) is 66.8 Å². The molecule has 94 valence electrons. The van der Waals surface area contributed by atoms with E-state index in [1.165, 1.54) is 12.1 Å². The van der Waals surface area contributed by atoms with Gasteiger partial charge in [0, 0.05) is 10.0 Å². The molecule has 0 fully saturated rings.